The molecule has 5 rings (SSSR count). The molecular formula is C30H27F6N3O4S2. The SMILES string of the molecule is CN(C(=O)OCc1cc(C(F)(F)F)cc(C(F)(F)F)c1)C1CCc2ccc(C3=CCN(C(=O)CN4C(=O)CSC4=S)CC3)cc21. The quantitative estimate of drug-likeness (QED) is 0.260. The van der Waals surface area contributed by atoms with Crippen LogP contribution in [0.5, 0.6) is 0 Å². The van der Waals surface area contributed by atoms with Crippen LogP contribution in [0.1, 0.15) is 52.3 Å². The predicted octanol–water partition coefficient (Wildman–Crippen LogP) is 6.46. The van der Waals surface area contributed by atoms with Crippen molar-refractivity contribution in [1.82, 2.24) is 14.7 Å². The van der Waals surface area contributed by atoms with Gasteiger partial charge in [0.05, 0.1) is 22.9 Å². The highest BCUT2D eigenvalue weighted by molar-refractivity contribution is 8.23. The normalized spacial score (nSPS) is 18.6. The molecule has 3 amide bonds. The molecule has 2 aromatic carbocycles. The second-order valence-corrected chi connectivity index (χ2v) is 12.5. The summed E-state index contributed by atoms with van der Waals surface area (Å²) in [4.78, 5) is 41.9. The summed E-state index contributed by atoms with van der Waals surface area (Å²) in [6.07, 6.45) is -7.17. The van der Waals surface area contributed by atoms with Gasteiger partial charge in [0.25, 0.3) is 0 Å². The Balaban J connectivity index is 1.24. The third-order valence-corrected chi connectivity index (χ3v) is 9.46. The summed E-state index contributed by atoms with van der Waals surface area (Å²) in [5.41, 5.74) is 0.387. The number of rotatable bonds is 6. The zero-order valence-corrected chi connectivity index (χ0v) is 25.5. The fraction of sp³-hybridized carbons (Fsp3) is 0.400. The van der Waals surface area contributed by atoms with Crippen LogP contribution >= 0.6 is 24.0 Å². The van der Waals surface area contributed by atoms with Gasteiger partial charge in [-0.15, -0.1) is 0 Å². The van der Waals surface area contributed by atoms with Gasteiger partial charge in [0.15, 0.2) is 0 Å². The summed E-state index contributed by atoms with van der Waals surface area (Å²) in [6.45, 7) is -0.0537. The molecule has 45 heavy (non-hydrogen) atoms. The van der Waals surface area contributed by atoms with Crippen LogP contribution in [0.4, 0.5) is 31.1 Å². The minimum atomic E-state index is -5.01. The average molecular weight is 672 g/mol. The Morgan fingerprint density at radius 1 is 1.04 bits per heavy atom. The van der Waals surface area contributed by atoms with Crippen molar-refractivity contribution in [1.29, 1.82) is 0 Å². The van der Waals surface area contributed by atoms with Crippen molar-refractivity contribution < 1.29 is 45.5 Å². The van der Waals surface area contributed by atoms with Gasteiger partial charge in [0.1, 0.15) is 17.5 Å². The summed E-state index contributed by atoms with van der Waals surface area (Å²) in [6, 6.07) is 6.56. The highest BCUT2D eigenvalue weighted by Crippen LogP contribution is 2.39. The molecule has 7 nitrogen and oxygen atoms in total. The van der Waals surface area contributed by atoms with E-state index in [1.165, 1.54) is 28.6 Å². The van der Waals surface area contributed by atoms with Gasteiger partial charge in [-0.3, -0.25) is 14.5 Å². The van der Waals surface area contributed by atoms with E-state index in [2.05, 4.69) is 0 Å². The molecule has 1 atom stereocenters. The first-order chi connectivity index (χ1) is 21.1. The highest BCUT2D eigenvalue weighted by Gasteiger charge is 2.37. The standard InChI is InChI=1S/C30H27F6N3O4S2/c1-37(27(42)43-15-17-10-21(29(31,32)33)13-22(11-17)30(34,35)36)24-5-4-19-2-3-20(12-23(19)24)18-6-8-38(9-7-18)25(40)14-39-26(41)16-45-28(39)44/h2-3,6,10-13,24H,4-5,7-9,14-16H2,1H3. The van der Waals surface area contributed by atoms with E-state index in [1.807, 2.05) is 24.3 Å². The monoisotopic (exact) mass is 671 g/mol. The lowest BCUT2D eigenvalue weighted by Crippen LogP contribution is -2.43. The third kappa shape index (κ3) is 7.29. The molecule has 0 N–H and O–H groups in total. The van der Waals surface area contributed by atoms with Crippen LogP contribution in [0, 0.1) is 0 Å². The van der Waals surface area contributed by atoms with Crippen LogP contribution in [0.3, 0.4) is 0 Å². The molecule has 15 heteroatoms. The smallest absolute Gasteiger partial charge is 0.416 e. The number of halogens is 6. The van der Waals surface area contributed by atoms with Crippen molar-refractivity contribution in [3.8, 4) is 0 Å². The van der Waals surface area contributed by atoms with Crippen molar-refractivity contribution in [2.24, 2.45) is 0 Å². The highest BCUT2D eigenvalue weighted by atomic mass is 32.2. The lowest BCUT2D eigenvalue weighted by molar-refractivity contribution is -0.143. The number of thiocarbonyl (C=S) groups is 1. The number of benzene rings is 2. The summed E-state index contributed by atoms with van der Waals surface area (Å²) in [5, 5.41) is 0. The summed E-state index contributed by atoms with van der Waals surface area (Å²) in [5.74, 6) is -0.141. The van der Waals surface area contributed by atoms with Crippen LogP contribution in [-0.2, 0) is 39.7 Å². The molecule has 3 aliphatic rings. The van der Waals surface area contributed by atoms with Crippen LogP contribution in [-0.4, -0.2) is 69.4 Å². The number of carbonyl (C=O) groups is 3. The summed E-state index contributed by atoms with van der Waals surface area (Å²) in [7, 11) is 1.47. The fourth-order valence-electron chi connectivity index (χ4n) is 5.59. The van der Waals surface area contributed by atoms with Crippen LogP contribution in [0.15, 0.2) is 42.5 Å². The van der Waals surface area contributed by atoms with Gasteiger partial charge in [-0.2, -0.15) is 26.3 Å². The summed E-state index contributed by atoms with van der Waals surface area (Å²) >= 11 is 6.39. The second-order valence-electron chi connectivity index (χ2n) is 10.9. The maximum absolute atomic E-state index is 13.2. The number of hydrogen-bond acceptors (Lipinski definition) is 6. The van der Waals surface area contributed by atoms with E-state index in [-0.39, 0.29) is 30.2 Å². The number of carbonyl (C=O) groups excluding carboxylic acids is 3. The van der Waals surface area contributed by atoms with E-state index in [9.17, 15) is 40.7 Å². The Kier molecular flexibility index (Phi) is 9.23. The number of aryl methyl sites for hydroxylation is 1. The molecule has 1 fully saturated rings. The first-order valence-electron chi connectivity index (χ1n) is 13.9. The Bertz CT molecular complexity index is 1530. The van der Waals surface area contributed by atoms with Gasteiger partial charge in [-0.25, -0.2) is 4.79 Å². The summed E-state index contributed by atoms with van der Waals surface area (Å²) < 4.78 is 84.8. The van der Waals surface area contributed by atoms with Crippen molar-refractivity contribution in [3.05, 3.63) is 75.9 Å². The molecule has 0 saturated carbocycles. The van der Waals surface area contributed by atoms with Crippen molar-refractivity contribution >= 4 is 51.8 Å². The van der Waals surface area contributed by atoms with E-state index in [4.69, 9.17) is 17.0 Å². The topological polar surface area (TPSA) is 70.2 Å². The van der Waals surface area contributed by atoms with Gasteiger partial charge >= 0.3 is 18.4 Å². The van der Waals surface area contributed by atoms with E-state index < -0.39 is 47.8 Å². The number of alkyl halides is 6. The Hall–Kier alpha value is -3.59. The molecule has 1 aliphatic carbocycles. The van der Waals surface area contributed by atoms with Crippen molar-refractivity contribution in [3.63, 3.8) is 0 Å². The third-order valence-electron chi connectivity index (χ3n) is 8.02. The minimum absolute atomic E-state index is 0.0212. The second kappa shape index (κ2) is 12.7. The number of hydrogen-bond donors (Lipinski definition) is 0. The largest absolute Gasteiger partial charge is 0.445 e. The van der Waals surface area contributed by atoms with Gasteiger partial charge in [0.2, 0.25) is 11.8 Å². The number of amides is 3. The molecule has 0 aromatic heterocycles. The molecule has 2 aromatic rings. The number of nitrogens with zero attached hydrogens (tertiary/aromatic N) is 3. The zero-order chi connectivity index (χ0) is 32.7. The van der Waals surface area contributed by atoms with Crippen LogP contribution in [0.2, 0.25) is 0 Å². The van der Waals surface area contributed by atoms with E-state index in [0.29, 0.717) is 48.8 Å². The maximum Gasteiger partial charge on any atom is 0.416 e. The maximum atomic E-state index is 13.2. The van der Waals surface area contributed by atoms with E-state index in [0.717, 1.165) is 22.3 Å². The molecular weight excluding hydrogens is 644 g/mol. The number of fused-ring (bicyclic) bond motifs is 1. The number of ether oxygens (including phenoxy) is 1. The van der Waals surface area contributed by atoms with E-state index in [1.54, 1.807) is 4.90 Å². The molecule has 2 heterocycles. The van der Waals surface area contributed by atoms with E-state index >= 15 is 0 Å². The van der Waals surface area contributed by atoms with Crippen molar-refractivity contribution in [2.45, 2.75) is 44.3 Å². The van der Waals surface area contributed by atoms with Crippen LogP contribution < -0.4 is 0 Å². The minimum Gasteiger partial charge on any atom is -0.445 e. The van der Waals surface area contributed by atoms with Gasteiger partial charge < -0.3 is 14.5 Å². The molecule has 240 valence electrons. The predicted molar refractivity (Wildman–Crippen MR) is 158 cm³/mol. The molecule has 1 unspecified atom stereocenters. The Labute approximate surface area is 264 Å². The molecule has 0 radical (unpaired) electrons. The molecule has 2 aliphatic heterocycles. The molecule has 0 spiro atoms. The van der Waals surface area contributed by atoms with Crippen LogP contribution in [0.25, 0.3) is 5.57 Å². The molecule has 1 saturated heterocycles. The number of thioether (sulfide) groups is 1. The van der Waals surface area contributed by atoms with Gasteiger partial charge in [-0.05, 0) is 71.4 Å². The lowest BCUT2D eigenvalue weighted by atomic mass is 9.95. The average Bonchev–Trinajstić information content (AvgIpc) is 3.56. The first-order valence-corrected chi connectivity index (χ1v) is 15.3. The van der Waals surface area contributed by atoms with Crippen molar-refractivity contribution in [2.75, 3.05) is 32.4 Å². The zero-order valence-electron chi connectivity index (χ0n) is 23.8. The lowest BCUT2D eigenvalue weighted by Gasteiger charge is -2.29. The van der Waals surface area contributed by atoms with Gasteiger partial charge in [0, 0.05) is 20.1 Å². The Morgan fingerprint density at radius 2 is 1.73 bits per heavy atom. The first kappa shape index (κ1) is 32.8. The molecule has 0 bridgehead atoms. The fourth-order valence-corrected chi connectivity index (χ4v) is 6.65. The Morgan fingerprint density at radius 3 is 2.31 bits per heavy atom. The van der Waals surface area contributed by atoms with Gasteiger partial charge in [-0.1, -0.05) is 42.2 Å².